The van der Waals surface area contributed by atoms with E-state index in [1.54, 1.807) is 18.2 Å². The largest absolute Gasteiger partial charge is 0.465 e. The zero-order chi connectivity index (χ0) is 14.9. The number of ether oxygens (including phenoxy) is 1. The van der Waals surface area contributed by atoms with Crippen molar-refractivity contribution in [2.75, 3.05) is 18.6 Å². The molecule has 20 heavy (non-hydrogen) atoms. The topological polar surface area (TPSA) is 89.7 Å². The molecule has 2 amide bonds. The molecule has 1 atom stereocenters. The second-order valence-electron chi connectivity index (χ2n) is 4.46. The Balaban J connectivity index is 2.26. The van der Waals surface area contributed by atoms with Gasteiger partial charge in [-0.1, -0.05) is 0 Å². The van der Waals surface area contributed by atoms with Crippen molar-refractivity contribution < 1.29 is 19.1 Å². The molecule has 1 saturated heterocycles. The van der Waals surface area contributed by atoms with Gasteiger partial charge in [-0.15, -0.1) is 0 Å². The van der Waals surface area contributed by atoms with Gasteiger partial charge in [0.1, 0.15) is 0 Å². The quantitative estimate of drug-likeness (QED) is 0.833. The Morgan fingerprint density at radius 2 is 2.15 bits per heavy atom. The number of rotatable bonds is 3. The van der Waals surface area contributed by atoms with Gasteiger partial charge in [-0.3, -0.25) is 9.59 Å². The third-order valence-electron chi connectivity index (χ3n) is 3.20. The first-order chi connectivity index (χ1) is 9.43. The Morgan fingerprint density at radius 1 is 1.45 bits per heavy atom. The average Bonchev–Trinajstić information content (AvgIpc) is 2.80. The van der Waals surface area contributed by atoms with E-state index in [0.29, 0.717) is 15.7 Å². The molecule has 0 radical (unpaired) electrons. The molecule has 0 spiro atoms. The van der Waals surface area contributed by atoms with Gasteiger partial charge in [-0.05, 0) is 34.1 Å². The molecular weight excluding hydrogens is 328 g/mol. The maximum atomic E-state index is 11.9. The first-order valence-electron chi connectivity index (χ1n) is 5.91. The number of benzene rings is 1. The maximum absolute atomic E-state index is 11.9. The Bertz CT molecular complexity index is 588. The minimum atomic E-state index is -0.480. The summed E-state index contributed by atoms with van der Waals surface area (Å²) in [6.45, 7) is 0.262. The number of amides is 2. The molecule has 2 rings (SSSR count). The van der Waals surface area contributed by atoms with E-state index >= 15 is 0 Å². The summed E-state index contributed by atoms with van der Waals surface area (Å²) in [5.41, 5.74) is 6.20. The van der Waals surface area contributed by atoms with Crippen molar-refractivity contribution in [2.45, 2.75) is 6.42 Å². The fraction of sp³-hybridized carbons (Fsp3) is 0.308. The van der Waals surface area contributed by atoms with E-state index in [4.69, 9.17) is 5.73 Å². The standard InChI is InChI=1S/C13H13BrN2O4/c1-20-13(19)9-3-2-8(5-10(9)14)16-6-7(12(15)18)4-11(16)17/h2-3,5,7H,4,6H2,1H3,(H2,15,18). The Hall–Kier alpha value is -1.89. The molecule has 1 unspecified atom stereocenters. The van der Waals surface area contributed by atoms with Crippen LogP contribution in [0.2, 0.25) is 0 Å². The number of anilines is 1. The lowest BCUT2D eigenvalue weighted by atomic mass is 10.1. The molecule has 0 aliphatic carbocycles. The van der Waals surface area contributed by atoms with Gasteiger partial charge in [0.25, 0.3) is 0 Å². The van der Waals surface area contributed by atoms with Crippen LogP contribution in [0.15, 0.2) is 22.7 Å². The van der Waals surface area contributed by atoms with Gasteiger partial charge in [0.05, 0.1) is 18.6 Å². The third-order valence-corrected chi connectivity index (χ3v) is 3.85. The average molecular weight is 341 g/mol. The normalized spacial score (nSPS) is 18.2. The van der Waals surface area contributed by atoms with Crippen molar-refractivity contribution in [2.24, 2.45) is 11.7 Å². The van der Waals surface area contributed by atoms with Gasteiger partial charge in [0.2, 0.25) is 11.8 Å². The van der Waals surface area contributed by atoms with Crippen molar-refractivity contribution in [1.29, 1.82) is 0 Å². The van der Waals surface area contributed by atoms with Crippen molar-refractivity contribution in [3.63, 3.8) is 0 Å². The lowest BCUT2D eigenvalue weighted by Gasteiger charge is -2.17. The zero-order valence-corrected chi connectivity index (χ0v) is 12.3. The van der Waals surface area contributed by atoms with Crippen molar-refractivity contribution in [1.82, 2.24) is 0 Å². The molecule has 1 heterocycles. The van der Waals surface area contributed by atoms with E-state index in [1.165, 1.54) is 12.0 Å². The van der Waals surface area contributed by atoms with Crippen LogP contribution >= 0.6 is 15.9 Å². The highest BCUT2D eigenvalue weighted by atomic mass is 79.9. The highest BCUT2D eigenvalue weighted by Crippen LogP contribution is 2.29. The smallest absolute Gasteiger partial charge is 0.339 e. The number of nitrogens with two attached hydrogens (primary N) is 1. The summed E-state index contributed by atoms with van der Waals surface area (Å²) in [5, 5.41) is 0. The van der Waals surface area contributed by atoms with Crippen LogP contribution < -0.4 is 10.6 Å². The number of nitrogens with zero attached hydrogens (tertiary/aromatic N) is 1. The number of carbonyl (C=O) groups is 3. The fourth-order valence-electron chi connectivity index (χ4n) is 2.10. The van der Waals surface area contributed by atoms with E-state index in [9.17, 15) is 14.4 Å². The molecule has 1 fully saturated rings. The minimum absolute atomic E-state index is 0.117. The van der Waals surface area contributed by atoms with E-state index < -0.39 is 17.8 Å². The number of hydrogen-bond donors (Lipinski definition) is 1. The lowest BCUT2D eigenvalue weighted by molar-refractivity contribution is -0.123. The van der Waals surface area contributed by atoms with Crippen LogP contribution in [0, 0.1) is 5.92 Å². The molecule has 6 nitrogen and oxygen atoms in total. The van der Waals surface area contributed by atoms with Gasteiger partial charge in [0.15, 0.2) is 0 Å². The number of primary amides is 1. The van der Waals surface area contributed by atoms with E-state index in [-0.39, 0.29) is 18.9 Å². The summed E-state index contributed by atoms with van der Waals surface area (Å²) in [6, 6.07) is 4.85. The number of carbonyl (C=O) groups excluding carboxylic acids is 3. The molecular formula is C13H13BrN2O4. The molecule has 7 heteroatoms. The summed E-state index contributed by atoms with van der Waals surface area (Å²) in [7, 11) is 1.30. The fourth-order valence-corrected chi connectivity index (χ4v) is 2.62. The second-order valence-corrected chi connectivity index (χ2v) is 5.32. The second kappa shape index (κ2) is 5.62. The SMILES string of the molecule is COC(=O)c1ccc(N2CC(C(N)=O)CC2=O)cc1Br. The van der Waals surface area contributed by atoms with Gasteiger partial charge < -0.3 is 15.4 Å². The minimum Gasteiger partial charge on any atom is -0.465 e. The number of hydrogen-bond acceptors (Lipinski definition) is 4. The van der Waals surface area contributed by atoms with Crippen LogP contribution in [0.5, 0.6) is 0 Å². The summed E-state index contributed by atoms with van der Waals surface area (Å²) >= 11 is 3.27. The van der Waals surface area contributed by atoms with Crippen molar-refractivity contribution >= 4 is 39.4 Å². The van der Waals surface area contributed by atoms with Gasteiger partial charge in [-0.2, -0.15) is 0 Å². The van der Waals surface area contributed by atoms with Gasteiger partial charge >= 0.3 is 5.97 Å². The highest BCUT2D eigenvalue weighted by Gasteiger charge is 2.34. The molecule has 1 aromatic carbocycles. The molecule has 106 valence electrons. The van der Waals surface area contributed by atoms with Crippen LogP contribution in [-0.4, -0.2) is 31.4 Å². The van der Waals surface area contributed by atoms with Gasteiger partial charge in [-0.25, -0.2) is 4.79 Å². The summed E-state index contributed by atoms with van der Waals surface area (Å²) in [5.74, 6) is -1.58. The van der Waals surface area contributed by atoms with E-state index in [0.717, 1.165) is 0 Å². The Morgan fingerprint density at radius 3 is 2.65 bits per heavy atom. The number of methoxy groups -OCH3 is 1. The molecule has 0 bridgehead atoms. The number of esters is 1. The summed E-state index contributed by atoms with van der Waals surface area (Å²) < 4.78 is 5.17. The van der Waals surface area contributed by atoms with E-state index in [1.807, 2.05) is 0 Å². The Kier molecular flexibility index (Phi) is 4.08. The van der Waals surface area contributed by atoms with Crippen LogP contribution in [-0.2, 0) is 14.3 Å². The molecule has 1 aromatic rings. The predicted molar refractivity (Wildman–Crippen MR) is 75.1 cm³/mol. The molecule has 0 aromatic heterocycles. The highest BCUT2D eigenvalue weighted by molar-refractivity contribution is 9.10. The lowest BCUT2D eigenvalue weighted by Crippen LogP contribution is -2.28. The van der Waals surface area contributed by atoms with Crippen LogP contribution in [0.1, 0.15) is 16.8 Å². The maximum Gasteiger partial charge on any atom is 0.339 e. The van der Waals surface area contributed by atoms with Crippen LogP contribution in [0.3, 0.4) is 0 Å². The zero-order valence-electron chi connectivity index (χ0n) is 10.8. The number of halogens is 1. The summed E-state index contributed by atoms with van der Waals surface area (Å²) in [4.78, 5) is 36.0. The molecule has 1 aliphatic heterocycles. The predicted octanol–water partition coefficient (Wildman–Crippen LogP) is 1.07. The molecule has 2 N–H and O–H groups in total. The van der Waals surface area contributed by atoms with E-state index in [2.05, 4.69) is 20.7 Å². The molecule has 0 saturated carbocycles. The third kappa shape index (κ3) is 2.67. The first-order valence-corrected chi connectivity index (χ1v) is 6.71. The monoisotopic (exact) mass is 340 g/mol. The molecule has 1 aliphatic rings. The van der Waals surface area contributed by atoms with Crippen LogP contribution in [0.25, 0.3) is 0 Å². The van der Waals surface area contributed by atoms with Crippen molar-refractivity contribution in [3.05, 3.63) is 28.2 Å². The van der Waals surface area contributed by atoms with Crippen molar-refractivity contribution in [3.8, 4) is 0 Å². The summed E-state index contributed by atoms with van der Waals surface area (Å²) in [6.07, 6.45) is 0.117. The first kappa shape index (κ1) is 14.5. The van der Waals surface area contributed by atoms with Crippen LogP contribution in [0.4, 0.5) is 5.69 Å². The Labute approximate surface area is 124 Å². The van der Waals surface area contributed by atoms with Gasteiger partial charge in [0, 0.05) is 23.1 Å².